The van der Waals surface area contributed by atoms with E-state index >= 15 is 0 Å². The molecular formula is C15H21Br2N. The molecule has 0 aromatic heterocycles. The van der Waals surface area contributed by atoms with Crippen LogP contribution in [0.25, 0.3) is 0 Å². The molecule has 0 saturated heterocycles. The van der Waals surface area contributed by atoms with Crippen LogP contribution in [0.3, 0.4) is 0 Å². The monoisotopic (exact) mass is 373 g/mol. The summed E-state index contributed by atoms with van der Waals surface area (Å²) in [5.74, 6) is 0.863. The van der Waals surface area contributed by atoms with Gasteiger partial charge in [0.1, 0.15) is 0 Å². The summed E-state index contributed by atoms with van der Waals surface area (Å²) in [4.78, 5) is 0. The summed E-state index contributed by atoms with van der Waals surface area (Å²) in [5.41, 5.74) is 1.34. The molecule has 1 nitrogen and oxygen atoms in total. The number of rotatable bonds is 4. The van der Waals surface area contributed by atoms with Gasteiger partial charge in [-0.25, -0.2) is 0 Å². The Morgan fingerprint density at radius 2 is 1.83 bits per heavy atom. The zero-order valence-electron chi connectivity index (χ0n) is 11.0. The second-order valence-electron chi connectivity index (χ2n) is 5.39. The summed E-state index contributed by atoms with van der Waals surface area (Å²) in [7, 11) is 0. The van der Waals surface area contributed by atoms with Gasteiger partial charge in [0.2, 0.25) is 0 Å². The fraction of sp³-hybridized carbons (Fsp3) is 0.600. The number of hydrogen-bond acceptors (Lipinski definition) is 1. The Kier molecular flexibility index (Phi) is 5.28. The molecule has 1 unspecified atom stereocenters. The third kappa shape index (κ3) is 3.58. The molecule has 1 aromatic carbocycles. The summed E-state index contributed by atoms with van der Waals surface area (Å²) < 4.78 is 2.30. The van der Waals surface area contributed by atoms with Gasteiger partial charge in [-0.05, 0) is 50.3 Å². The lowest BCUT2D eigenvalue weighted by Crippen LogP contribution is -2.34. The van der Waals surface area contributed by atoms with Gasteiger partial charge in [-0.1, -0.05) is 50.8 Å². The Balaban J connectivity index is 2.00. The van der Waals surface area contributed by atoms with E-state index in [1.807, 2.05) is 0 Å². The Morgan fingerprint density at radius 3 is 2.44 bits per heavy atom. The number of benzene rings is 1. The molecule has 1 aromatic rings. The highest BCUT2D eigenvalue weighted by Crippen LogP contribution is 2.31. The van der Waals surface area contributed by atoms with Crippen LogP contribution in [0.5, 0.6) is 0 Å². The second-order valence-corrected chi connectivity index (χ2v) is 7.16. The predicted octanol–water partition coefficient (Wildman–Crippen LogP) is 5.44. The van der Waals surface area contributed by atoms with Gasteiger partial charge in [0.05, 0.1) is 0 Å². The van der Waals surface area contributed by atoms with E-state index in [1.165, 1.54) is 35.7 Å². The normalized spacial score (nSPS) is 20.0. The van der Waals surface area contributed by atoms with Gasteiger partial charge in [0.15, 0.2) is 0 Å². The van der Waals surface area contributed by atoms with E-state index in [1.54, 1.807) is 0 Å². The summed E-state index contributed by atoms with van der Waals surface area (Å²) >= 11 is 7.15. The quantitative estimate of drug-likeness (QED) is 0.739. The van der Waals surface area contributed by atoms with E-state index < -0.39 is 0 Å². The lowest BCUT2D eigenvalue weighted by molar-refractivity contribution is 0.352. The van der Waals surface area contributed by atoms with Crippen molar-refractivity contribution in [2.75, 3.05) is 0 Å². The summed E-state index contributed by atoms with van der Waals surface area (Å²) in [6.45, 7) is 4.58. The fourth-order valence-corrected chi connectivity index (χ4v) is 4.32. The first-order chi connectivity index (χ1) is 8.58. The van der Waals surface area contributed by atoms with Crippen molar-refractivity contribution >= 4 is 31.9 Å². The zero-order chi connectivity index (χ0) is 13.1. The van der Waals surface area contributed by atoms with Crippen LogP contribution in [0.15, 0.2) is 27.1 Å². The summed E-state index contributed by atoms with van der Waals surface area (Å²) in [5, 5.41) is 3.75. The Labute approximate surface area is 127 Å². The van der Waals surface area contributed by atoms with E-state index in [0.717, 1.165) is 10.4 Å². The Bertz CT molecular complexity index is 399. The molecule has 0 heterocycles. The van der Waals surface area contributed by atoms with Crippen molar-refractivity contribution < 1.29 is 0 Å². The van der Waals surface area contributed by atoms with Crippen LogP contribution in [-0.4, -0.2) is 6.04 Å². The third-order valence-electron chi connectivity index (χ3n) is 4.05. The molecule has 1 fully saturated rings. The molecular weight excluding hydrogens is 354 g/mol. The smallest absolute Gasteiger partial charge is 0.0305 e. The highest BCUT2D eigenvalue weighted by Gasteiger charge is 2.23. The predicted molar refractivity (Wildman–Crippen MR) is 84.8 cm³/mol. The molecule has 1 N–H and O–H groups in total. The molecule has 18 heavy (non-hydrogen) atoms. The molecule has 0 radical (unpaired) electrons. The fourth-order valence-electron chi connectivity index (χ4n) is 2.93. The molecule has 0 aliphatic heterocycles. The molecule has 0 amide bonds. The maximum atomic E-state index is 3.75. The zero-order valence-corrected chi connectivity index (χ0v) is 14.2. The molecule has 3 heteroatoms. The molecule has 1 aliphatic carbocycles. The van der Waals surface area contributed by atoms with E-state index in [-0.39, 0.29) is 0 Å². The maximum absolute atomic E-state index is 3.75. The van der Waals surface area contributed by atoms with E-state index in [0.29, 0.717) is 12.1 Å². The molecule has 100 valence electrons. The van der Waals surface area contributed by atoms with Crippen molar-refractivity contribution in [2.45, 2.75) is 51.6 Å². The van der Waals surface area contributed by atoms with E-state index in [4.69, 9.17) is 0 Å². The van der Waals surface area contributed by atoms with Gasteiger partial charge >= 0.3 is 0 Å². The largest absolute Gasteiger partial charge is 0.307 e. The molecule has 1 aliphatic rings. The minimum atomic E-state index is 0.392. The van der Waals surface area contributed by atoms with Gasteiger partial charge in [-0.3, -0.25) is 0 Å². The first-order valence-electron chi connectivity index (χ1n) is 6.79. The summed E-state index contributed by atoms with van der Waals surface area (Å²) in [6.07, 6.45) is 5.60. The van der Waals surface area contributed by atoms with Crippen molar-refractivity contribution in [1.82, 2.24) is 5.32 Å². The molecule has 2 rings (SSSR count). The van der Waals surface area contributed by atoms with Crippen molar-refractivity contribution in [1.29, 1.82) is 0 Å². The topological polar surface area (TPSA) is 12.0 Å². The Morgan fingerprint density at radius 1 is 1.17 bits per heavy atom. The molecule has 1 saturated carbocycles. The number of hydrogen-bond donors (Lipinski definition) is 1. The van der Waals surface area contributed by atoms with Crippen molar-refractivity contribution in [3.63, 3.8) is 0 Å². The number of halogens is 2. The van der Waals surface area contributed by atoms with Crippen LogP contribution in [0.2, 0.25) is 0 Å². The van der Waals surface area contributed by atoms with Crippen molar-refractivity contribution in [3.8, 4) is 0 Å². The van der Waals surface area contributed by atoms with E-state index in [2.05, 4.69) is 69.2 Å². The first kappa shape index (κ1) is 14.5. The average molecular weight is 375 g/mol. The minimum absolute atomic E-state index is 0.392. The van der Waals surface area contributed by atoms with Gasteiger partial charge in [-0.15, -0.1) is 0 Å². The summed E-state index contributed by atoms with van der Waals surface area (Å²) in [6, 6.07) is 7.42. The molecule has 0 spiro atoms. The highest BCUT2D eigenvalue weighted by atomic mass is 79.9. The van der Waals surface area contributed by atoms with E-state index in [9.17, 15) is 0 Å². The van der Waals surface area contributed by atoms with Gasteiger partial charge in [0.25, 0.3) is 0 Å². The van der Waals surface area contributed by atoms with Crippen molar-refractivity contribution in [2.24, 2.45) is 5.92 Å². The third-order valence-corrected chi connectivity index (χ3v) is 5.23. The minimum Gasteiger partial charge on any atom is -0.307 e. The number of nitrogens with one attached hydrogen (secondary N) is 1. The van der Waals surface area contributed by atoms with Gasteiger partial charge < -0.3 is 5.32 Å². The van der Waals surface area contributed by atoms with Gasteiger partial charge in [0, 0.05) is 21.0 Å². The standard InChI is InChI=1S/C15H21Br2N/c1-10(12-5-3-4-6-12)18-11(2)14-8-7-13(16)9-15(14)17/h7-12,18H,3-6H2,1-2H3/t10-,11?/m1/s1. The van der Waals surface area contributed by atoms with Crippen LogP contribution < -0.4 is 5.32 Å². The van der Waals surface area contributed by atoms with Crippen LogP contribution >= 0.6 is 31.9 Å². The van der Waals surface area contributed by atoms with Crippen LogP contribution in [0.4, 0.5) is 0 Å². The lowest BCUT2D eigenvalue weighted by atomic mass is 9.98. The second kappa shape index (κ2) is 6.53. The Hall–Kier alpha value is 0.140. The maximum Gasteiger partial charge on any atom is 0.0305 e. The van der Waals surface area contributed by atoms with Crippen LogP contribution in [0, 0.1) is 5.92 Å². The highest BCUT2D eigenvalue weighted by molar-refractivity contribution is 9.11. The average Bonchev–Trinajstić information content (AvgIpc) is 2.81. The lowest BCUT2D eigenvalue weighted by Gasteiger charge is -2.25. The first-order valence-corrected chi connectivity index (χ1v) is 8.37. The van der Waals surface area contributed by atoms with Crippen LogP contribution in [0.1, 0.15) is 51.1 Å². The van der Waals surface area contributed by atoms with Crippen LogP contribution in [-0.2, 0) is 0 Å². The molecule has 2 atom stereocenters. The van der Waals surface area contributed by atoms with Gasteiger partial charge in [-0.2, -0.15) is 0 Å². The molecule has 0 bridgehead atoms. The van der Waals surface area contributed by atoms with Crippen molar-refractivity contribution in [3.05, 3.63) is 32.7 Å². The SMILES string of the molecule is CC(N[C@H](C)C1CCCC1)c1ccc(Br)cc1Br.